The summed E-state index contributed by atoms with van der Waals surface area (Å²) in [6.07, 6.45) is 1.49. The summed E-state index contributed by atoms with van der Waals surface area (Å²) in [5.74, 6) is -0.807. The molecule has 0 spiro atoms. The minimum atomic E-state index is -0.436. The Hall–Kier alpha value is -2.98. The second-order valence-corrected chi connectivity index (χ2v) is 6.01. The number of carbonyl (C=O) groups excluding carboxylic acids is 2. The van der Waals surface area contributed by atoms with Crippen molar-refractivity contribution in [1.82, 2.24) is 5.32 Å². The van der Waals surface area contributed by atoms with Crippen LogP contribution in [0.5, 0.6) is 0 Å². The number of aryl methyl sites for hydroxylation is 1. The second-order valence-electron chi connectivity index (χ2n) is 5.64. The van der Waals surface area contributed by atoms with Crippen molar-refractivity contribution < 1.29 is 9.59 Å². The van der Waals surface area contributed by atoms with E-state index in [2.05, 4.69) is 16.9 Å². The monoisotopic (exact) mass is 366 g/mol. The first-order valence-electron chi connectivity index (χ1n) is 7.96. The lowest BCUT2D eigenvalue weighted by atomic mass is 10.1. The average molecular weight is 367 g/mol. The molecule has 0 aliphatic heterocycles. The number of hydrogen-bond acceptors (Lipinski definition) is 4. The van der Waals surface area contributed by atoms with Crippen molar-refractivity contribution in [2.24, 2.45) is 4.99 Å². The highest BCUT2D eigenvalue weighted by Gasteiger charge is 2.18. The fraction of sp³-hybridized carbons (Fsp3) is 0.0952. The molecule has 0 heterocycles. The topological polar surface area (TPSA) is 58.5 Å². The van der Waals surface area contributed by atoms with E-state index in [4.69, 9.17) is 11.6 Å². The molecule has 2 rings (SSSR count). The molecule has 2 aromatic rings. The van der Waals surface area contributed by atoms with Crippen LogP contribution < -0.4 is 5.32 Å². The molecule has 0 atom stereocenters. The SMILES string of the molecule is C=C(/C=N\c1ccccc1C)N/C(C(C)=O)=C(\Cl)C(=O)c1ccccc1. The van der Waals surface area contributed by atoms with Gasteiger partial charge in [0.1, 0.15) is 10.7 Å². The number of para-hydroxylation sites is 1. The van der Waals surface area contributed by atoms with Crippen molar-refractivity contribution in [2.45, 2.75) is 13.8 Å². The van der Waals surface area contributed by atoms with Gasteiger partial charge in [-0.25, -0.2) is 0 Å². The van der Waals surface area contributed by atoms with Gasteiger partial charge in [0.25, 0.3) is 0 Å². The van der Waals surface area contributed by atoms with Gasteiger partial charge in [-0.15, -0.1) is 0 Å². The van der Waals surface area contributed by atoms with Crippen LogP contribution in [0.1, 0.15) is 22.8 Å². The van der Waals surface area contributed by atoms with Gasteiger partial charge in [0.05, 0.1) is 11.9 Å². The van der Waals surface area contributed by atoms with Crippen molar-refractivity contribution in [3.8, 4) is 0 Å². The molecular weight excluding hydrogens is 348 g/mol. The highest BCUT2D eigenvalue weighted by molar-refractivity contribution is 6.47. The molecule has 0 aromatic heterocycles. The Balaban J connectivity index is 2.22. The van der Waals surface area contributed by atoms with E-state index in [0.717, 1.165) is 11.3 Å². The summed E-state index contributed by atoms with van der Waals surface area (Å²) in [6, 6.07) is 16.1. The molecule has 0 fully saturated rings. The van der Waals surface area contributed by atoms with E-state index in [0.29, 0.717) is 11.3 Å². The van der Waals surface area contributed by atoms with Crippen LogP contribution >= 0.6 is 11.6 Å². The Morgan fingerprint density at radius 2 is 1.69 bits per heavy atom. The number of hydrogen-bond donors (Lipinski definition) is 1. The first kappa shape index (κ1) is 19.3. The fourth-order valence-corrected chi connectivity index (χ4v) is 2.47. The molecule has 0 unspecified atom stereocenters. The van der Waals surface area contributed by atoms with Gasteiger partial charge in [-0.3, -0.25) is 14.6 Å². The van der Waals surface area contributed by atoms with Crippen LogP contribution in [0.2, 0.25) is 0 Å². The molecule has 0 radical (unpaired) electrons. The summed E-state index contributed by atoms with van der Waals surface area (Å²) >= 11 is 6.17. The first-order chi connectivity index (χ1) is 12.4. The van der Waals surface area contributed by atoms with Crippen LogP contribution in [0.4, 0.5) is 5.69 Å². The number of nitrogens with zero attached hydrogens (tertiary/aromatic N) is 1. The quantitative estimate of drug-likeness (QED) is 0.438. The smallest absolute Gasteiger partial charge is 0.206 e. The lowest BCUT2D eigenvalue weighted by Gasteiger charge is -2.10. The molecule has 1 N–H and O–H groups in total. The number of nitrogens with one attached hydrogen (secondary N) is 1. The molecule has 0 aliphatic rings. The van der Waals surface area contributed by atoms with E-state index >= 15 is 0 Å². The third-order valence-corrected chi connectivity index (χ3v) is 3.93. The van der Waals surface area contributed by atoms with Crippen molar-refractivity contribution in [3.63, 3.8) is 0 Å². The number of allylic oxidation sites excluding steroid dienone is 3. The zero-order chi connectivity index (χ0) is 19.1. The third kappa shape index (κ3) is 5.01. The Labute approximate surface area is 157 Å². The van der Waals surface area contributed by atoms with Gasteiger partial charge >= 0.3 is 0 Å². The Bertz CT molecular complexity index is 899. The molecule has 0 bridgehead atoms. The Kier molecular flexibility index (Phi) is 6.64. The molecule has 2 aromatic carbocycles. The molecule has 0 saturated carbocycles. The molecule has 0 amide bonds. The van der Waals surface area contributed by atoms with Gasteiger partial charge in [-0.2, -0.15) is 0 Å². The standard InChI is InChI=1S/C21H19ClN2O2/c1-14-9-7-8-12-18(14)23-13-15(2)24-20(16(3)25)19(22)21(26)17-10-5-4-6-11-17/h4-13,24H,2H2,1,3H3/b20-19-,23-13-. The number of rotatable bonds is 7. The van der Waals surface area contributed by atoms with Crippen molar-refractivity contribution in [2.75, 3.05) is 0 Å². The van der Waals surface area contributed by atoms with Gasteiger partial charge in [-0.05, 0) is 18.6 Å². The first-order valence-corrected chi connectivity index (χ1v) is 8.34. The minimum absolute atomic E-state index is 0.0123. The van der Waals surface area contributed by atoms with Gasteiger partial charge in [0.2, 0.25) is 5.78 Å². The van der Waals surface area contributed by atoms with Crippen LogP contribution in [0.15, 0.2) is 82.6 Å². The third-order valence-electron chi connectivity index (χ3n) is 3.57. The van der Waals surface area contributed by atoms with Crippen LogP contribution in [-0.4, -0.2) is 17.8 Å². The lowest BCUT2D eigenvalue weighted by Crippen LogP contribution is -2.22. The molecule has 5 heteroatoms. The van der Waals surface area contributed by atoms with E-state index in [1.165, 1.54) is 13.1 Å². The van der Waals surface area contributed by atoms with Gasteiger partial charge < -0.3 is 5.32 Å². The minimum Gasteiger partial charge on any atom is -0.351 e. The summed E-state index contributed by atoms with van der Waals surface area (Å²) in [7, 11) is 0. The number of benzene rings is 2. The van der Waals surface area contributed by atoms with Crippen LogP contribution in [0.3, 0.4) is 0 Å². The number of ketones is 2. The van der Waals surface area contributed by atoms with Gasteiger partial charge in [-0.1, -0.05) is 66.7 Å². The van der Waals surface area contributed by atoms with Crippen molar-refractivity contribution >= 4 is 35.1 Å². The summed E-state index contributed by atoms with van der Waals surface area (Å²) in [5, 5.41) is 2.60. The van der Waals surface area contributed by atoms with E-state index in [1.807, 2.05) is 31.2 Å². The highest BCUT2D eigenvalue weighted by atomic mass is 35.5. The van der Waals surface area contributed by atoms with Gasteiger partial charge in [0, 0.05) is 18.2 Å². The zero-order valence-corrected chi connectivity index (χ0v) is 15.4. The summed E-state index contributed by atoms with van der Waals surface area (Å²) in [4.78, 5) is 28.7. The number of halogens is 1. The average Bonchev–Trinajstić information content (AvgIpc) is 2.64. The Morgan fingerprint density at radius 1 is 1.08 bits per heavy atom. The normalized spacial score (nSPS) is 11.8. The fourth-order valence-electron chi connectivity index (χ4n) is 2.18. The molecular formula is C21H19ClN2O2. The Morgan fingerprint density at radius 3 is 2.31 bits per heavy atom. The summed E-state index contributed by atoms with van der Waals surface area (Å²) < 4.78 is 0. The summed E-state index contributed by atoms with van der Waals surface area (Å²) in [5.41, 5.74) is 2.53. The molecule has 26 heavy (non-hydrogen) atoms. The van der Waals surface area contributed by atoms with E-state index < -0.39 is 5.78 Å². The maximum absolute atomic E-state index is 12.5. The van der Waals surface area contributed by atoms with E-state index in [-0.39, 0.29) is 16.5 Å². The molecule has 4 nitrogen and oxygen atoms in total. The van der Waals surface area contributed by atoms with Crippen molar-refractivity contribution in [1.29, 1.82) is 0 Å². The molecule has 0 saturated heterocycles. The zero-order valence-electron chi connectivity index (χ0n) is 14.6. The lowest BCUT2D eigenvalue weighted by molar-refractivity contribution is -0.113. The van der Waals surface area contributed by atoms with E-state index in [9.17, 15) is 9.59 Å². The predicted molar refractivity (Wildman–Crippen MR) is 106 cm³/mol. The largest absolute Gasteiger partial charge is 0.351 e. The molecule has 0 aliphatic carbocycles. The highest BCUT2D eigenvalue weighted by Crippen LogP contribution is 2.18. The van der Waals surface area contributed by atoms with E-state index in [1.54, 1.807) is 30.3 Å². The van der Waals surface area contributed by atoms with Gasteiger partial charge in [0.15, 0.2) is 5.78 Å². The van der Waals surface area contributed by atoms with Crippen LogP contribution in [-0.2, 0) is 4.79 Å². The number of carbonyl (C=O) groups is 2. The molecule has 132 valence electrons. The predicted octanol–water partition coefficient (Wildman–Crippen LogP) is 4.72. The number of aliphatic imine (C=N–C) groups is 1. The maximum atomic E-state index is 12.5. The second kappa shape index (κ2) is 8.92. The van der Waals surface area contributed by atoms with Crippen LogP contribution in [0.25, 0.3) is 0 Å². The maximum Gasteiger partial charge on any atom is 0.206 e. The summed E-state index contributed by atoms with van der Waals surface area (Å²) in [6.45, 7) is 7.09. The number of Topliss-reactive ketones (excluding diaryl/α,β-unsaturated/α-hetero) is 2. The van der Waals surface area contributed by atoms with Crippen LogP contribution in [0, 0.1) is 6.92 Å². The van der Waals surface area contributed by atoms with Crippen molar-refractivity contribution in [3.05, 3.63) is 88.7 Å².